The van der Waals surface area contributed by atoms with E-state index in [4.69, 9.17) is 20.9 Å². The van der Waals surface area contributed by atoms with Gasteiger partial charge in [-0.05, 0) is 42.2 Å². The summed E-state index contributed by atoms with van der Waals surface area (Å²) in [6, 6.07) is 9.87. The molecule has 1 aromatic heterocycles. The minimum Gasteiger partial charge on any atom is -0.495 e. The Morgan fingerprint density at radius 2 is 1.97 bits per heavy atom. The SMILES string of the molecule is COc1ccc(C(C)(C)C)cc1NC(=O)c1c(-c2c(F)cccc2Cl)noc1C. The lowest BCUT2D eigenvalue weighted by molar-refractivity contribution is 0.102. The Labute approximate surface area is 173 Å². The Kier molecular flexibility index (Phi) is 5.66. The topological polar surface area (TPSA) is 64.4 Å². The molecule has 1 N–H and O–H groups in total. The number of ether oxygens (including phenoxy) is 1. The van der Waals surface area contributed by atoms with Crippen LogP contribution in [-0.4, -0.2) is 18.2 Å². The van der Waals surface area contributed by atoms with Crippen molar-refractivity contribution in [2.45, 2.75) is 33.1 Å². The molecule has 7 heteroatoms. The first-order valence-electron chi connectivity index (χ1n) is 9.04. The van der Waals surface area contributed by atoms with E-state index in [9.17, 15) is 9.18 Å². The highest BCUT2D eigenvalue weighted by Crippen LogP contribution is 2.35. The molecule has 0 aliphatic rings. The smallest absolute Gasteiger partial charge is 0.261 e. The first-order valence-corrected chi connectivity index (χ1v) is 9.41. The molecule has 2 aromatic carbocycles. The van der Waals surface area contributed by atoms with Crippen LogP contribution in [-0.2, 0) is 5.41 Å². The van der Waals surface area contributed by atoms with E-state index in [1.54, 1.807) is 13.0 Å². The molecule has 0 saturated heterocycles. The van der Waals surface area contributed by atoms with Crippen LogP contribution in [0.2, 0.25) is 5.02 Å². The van der Waals surface area contributed by atoms with E-state index in [1.807, 2.05) is 12.1 Å². The number of nitrogens with zero attached hydrogens (tertiary/aromatic N) is 1. The van der Waals surface area contributed by atoms with Crippen LogP contribution in [0.4, 0.5) is 10.1 Å². The molecule has 0 bridgehead atoms. The van der Waals surface area contributed by atoms with Gasteiger partial charge in [-0.3, -0.25) is 4.79 Å². The lowest BCUT2D eigenvalue weighted by Crippen LogP contribution is -2.16. The number of methoxy groups -OCH3 is 1. The van der Waals surface area contributed by atoms with Crippen LogP contribution >= 0.6 is 11.6 Å². The maximum Gasteiger partial charge on any atom is 0.261 e. The van der Waals surface area contributed by atoms with Gasteiger partial charge in [0.2, 0.25) is 0 Å². The van der Waals surface area contributed by atoms with E-state index in [0.29, 0.717) is 11.4 Å². The molecule has 3 aromatic rings. The molecule has 0 aliphatic carbocycles. The summed E-state index contributed by atoms with van der Waals surface area (Å²) in [5.74, 6) is -0.330. The van der Waals surface area contributed by atoms with Gasteiger partial charge in [0.15, 0.2) is 0 Å². The molecule has 0 aliphatic heterocycles. The maximum absolute atomic E-state index is 14.4. The van der Waals surface area contributed by atoms with Crippen LogP contribution in [0.25, 0.3) is 11.3 Å². The van der Waals surface area contributed by atoms with Gasteiger partial charge in [0, 0.05) is 0 Å². The number of carbonyl (C=O) groups excluding carboxylic acids is 1. The minimum atomic E-state index is -0.591. The number of aryl methyl sites for hydroxylation is 1. The van der Waals surface area contributed by atoms with Crippen LogP contribution in [0.5, 0.6) is 5.75 Å². The van der Waals surface area contributed by atoms with Gasteiger partial charge >= 0.3 is 0 Å². The van der Waals surface area contributed by atoms with Crippen molar-refractivity contribution in [2.75, 3.05) is 12.4 Å². The van der Waals surface area contributed by atoms with E-state index >= 15 is 0 Å². The number of amides is 1. The summed E-state index contributed by atoms with van der Waals surface area (Å²) in [6.45, 7) is 7.80. The molecule has 152 valence electrons. The second-order valence-electron chi connectivity index (χ2n) is 7.68. The number of hydrogen-bond donors (Lipinski definition) is 1. The zero-order valence-electron chi connectivity index (χ0n) is 16.9. The monoisotopic (exact) mass is 416 g/mol. The summed E-state index contributed by atoms with van der Waals surface area (Å²) in [4.78, 5) is 13.1. The number of aromatic nitrogens is 1. The molecule has 0 spiro atoms. The van der Waals surface area contributed by atoms with Gasteiger partial charge < -0.3 is 14.6 Å². The first kappa shape index (κ1) is 20.9. The van der Waals surface area contributed by atoms with E-state index in [-0.39, 0.29) is 33.0 Å². The van der Waals surface area contributed by atoms with E-state index in [1.165, 1.54) is 25.3 Å². The summed E-state index contributed by atoms with van der Waals surface area (Å²) in [7, 11) is 1.52. The fourth-order valence-electron chi connectivity index (χ4n) is 2.99. The van der Waals surface area contributed by atoms with Gasteiger partial charge in [-0.15, -0.1) is 0 Å². The summed E-state index contributed by atoms with van der Waals surface area (Å²) >= 11 is 6.16. The molecule has 5 nitrogen and oxygen atoms in total. The number of benzene rings is 2. The largest absolute Gasteiger partial charge is 0.495 e. The third-order valence-corrected chi connectivity index (χ3v) is 4.92. The predicted octanol–water partition coefficient (Wildman–Crippen LogP) is 6.00. The summed E-state index contributed by atoms with van der Waals surface area (Å²) < 4.78 is 25.0. The van der Waals surface area contributed by atoms with Gasteiger partial charge in [0.25, 0.3) is 5.91 Å². The number of anilines is 1. The fraction of sp³-hybridized carbons (Fsp3) is 0.273. The van der Waals surface area contributed by atoms with Crippen molar-refractivity contribution in [1.29, 1.82) is 0 Å². The minimum absolute atomic E-state index is 0.0200. The lowest BCUT2D eigenvalue weighted by Gasteiger charge is -2.21. The third kappa shape index (κ3) is 4.12. The Balaban J connectivity index is 2.05. The molecule has 29 heavy (non-hydrogen) atoms. The molecular weight excluding hydrogens is 395 g/mol. The third-order valence-electron chi connectivity index (χ3n) is 4.60. The number of carbonyl (C=O) groups is 1. The van der Waals surface area contributed by atoms with Crippen LogP contribution in [0.3, 0.4) is 0 Å². The standard InChI is InChI=1S/C22H22ClFN2O3/c1-12-18(20(26-29-12)19-14(23)7-6-8-15(19)24)21(27)25-16-11-13(22(2,3)4)9-10-17(16)28-5/h6-11H,1-5H3,(H,25,27). The van der Waals surface area contributed by atoms with Crippen LogP contribution < -0.4 is 10.1 Å². The second kappa shape index (κ2) is 7.87. The van der Waals surface area contributed by atoms with Gasteiger partial charge in [0.1, 0.15) is 28.6 Å². The van der Waals surface area contributed by atoms with Crippen molar-refractivity contribution in [3.05, 3.63) is 64.1 Å². The first-order chi connectivity index (χ1) is 13.6. The van der Waals surface area contributed by atoms with Crippen molar-refractivity contribution < 1.29 is 18.4 Å². The Hall–Kier alpha value is -2.86. The predicted molar refractivity (Wildman–Crippen MR) is 111 cm³/mol. The zero-order valence-corrected chi connectivity index (χ0v) is 17.6. The number of halogens is 2. The molecule has 1 heterocycles. The molecule has 0 radical (unpaired) electrons. The lowest BCUT2D eigenvalue weighted by atomic mass is 9.87. The molecule has 0 unspecified atom stereocenters. The molecule has 1 amide bonds. The fourth-order valence-corrected chi connectivity index (χ4v) is 3.24. The van der Waals surface area contributed by atoms with Gasteiger partial charge in [-0.25, -0.2) is 4.39 Å². The average Bonchev–Trinajstić information content (AvgIpc) is 3.02. The van der Waals surface area contributed by atoms with E-state index < -0.39 is 11.7 Å². The van der Waals surface area contributed by atoms with Crippen molar-refractivity contribution in [3.8, 4) is 17.0 Å². The quantitative estimate of drug-likeness (QED) is 0.566. The van der Waals surface area contributed by atoms with Crippen LogP contribution in [0, 0.1) is 12.7 Å². The number of nitrogens with one attached hydrogen (secondary N) is 1. The van der Waals surface area contributed by atoms with Crippen LogP contribution in [0.15, 0.2) is 40.9 Å². The van der Waals surface area contributed by atoms with Crippen molar-refractivity contribution in [1.82, 2.24) is 5.16 Å². The molecular formula is C22H22ClFN2O3. The normalized spacial score (nSPS) is 11.4. The molecule has 0 saturated carbocycles. The Morgan fingerprint density at radius 3 is 2.59 bits per heavy atom. The van der Waals surface area contributed by atoms with Gasteiger partial charge in [-0.2, -0.15) is 0 Å². The highest BCUT2D eigenvalue weighted by atomic mass is 35.5. The average molecular weight is 417 g/mol. The van der Waals surface area contributed by atoms with Crippen LogP contribution in [0.1, 0.15) is 42.5 Å². The highest BCUT2D eigenvalue weighted by molar-refractivity contribution is 6.33. The van der Waals surface area contributed by atoms with Crippen molar-refractivity contribution >= 4 is 23.2 Å². The van der Waals surface area contributed by atoms with Crippen molar-refractivity contribution in [2.24, 2.45) is 0 Å². The highest BCUT2D eigenvalue weighted by Gasteiger charge is 2.26. The summed E-state index contributed by atoms with van der Waals surface area (Å²) in [6.07, 6.45) is 0. The number of rotatable bonds is 4. The van der Waals surface area contributed by atoms with Gasteiger partial charge in [0.05, 0.1) is 23.4 Å². The Bertz CT molecular complexity index is 1050. The van der Waals surface area contributed by atoms with Gasteiger partial charge in [-0.1, -0.05) is 49.7 Å². The molecule has 0 fully saturated rings. The summed E-state index contributed by atoms with van der Waals surface area (Å²) in [5, 5.41) is 6.85. The molecule has 0 atom stereocenters. The maximum atomic E-state index is 14.4. The Morgan fingerprint density at radius 1 is 1.24 bits per heavy atom. The number of hydrogen-bond acceptors (Lipinski definition) is 4. The molecule has 3 rings (SSSR count). The summed E-state index contributed by atoms with van der Waals surface area (Å²) in [5.41, 5.74) is 1.58. The van der Waals surface area contributed by atoms with E-state index in [0.717, 1.165) is 5.56 Å². The van der Waals surface area contributed by atoms with Crippen molar-refractivity contribution in [3.63, 3.8) is 0 Å². The second-order valence-corrected chi connectivity index (χ2v) is 8.09. The zero-order chi connectivity index (χ0) is 21.3. The van der Waals surface area contributed by atoms with E-state index in [2.05, 4.69) is 31.2 Å².